The molecule has 1 amide bonds. The Morgan fingerprint density at radius 1 is 0.909 bits per heavy atom. The molecule has 22 heavy (non-hydrogen) atoms. The van der Waals surface area contributed by atoms with E-state index in [1.807, 2.05) is 67.6 Å². The number of carbonyl (C=O) groups is 1. The molecule has 1 heterocycles. The van der Waals surface area contributed by atoms with Gasteiger partial charge in [0.2, 0.25) is 0 Å². The van der Waals surface area contributed by atoms with Gasteiger partial charge in [-0.05, 0) is 30.7 Å². The number of anilines is 1. The van der Waals surface area contributed by atoms with E-state index in [4.69, 9.17) is 0 Å². The summed E-state index contributed by atoms with van der Waals surface area (Å²) in [5.74, 6) is -0.122. The van der Waals surface area contributed by atoms with E-state index in [2.05, 4.69) is 10.3 Å². The van der Waals surface area contributed by atoms with Crippen molar-refractivity contribution in [3.63, 3.8) is 0 Å². The van der Waals surface area contributed by atoms with Gasteiger partial charge in [0.25, 0.3) is 5.91 Å². The first-order valence-electron chi connectivity index (χ1n) is 7.13. The van der Waals surface area contributed by atoms with Gasteiger partial charge in [-0.25, -0.2) is 0 Å². The second kappa shape index (κ2) is 6.22. The molecule has 1 aromatic heterocycles. The Bertz CT molecular complexity index is 783. The average molecular weight is 288 g/mol. The van der Waals surface area contributed by atoms with Gasteiger partial charge in [-0.3, -0.25) is 9.78 Å². The lowest BCUT2D eigenvalue weighted by Gasteiger charge is -2.11. The highest BCUT2D eigenvalue weighted by Crippen LogP contribution is 2.23. The molecular formula is C19H16N2O. The summed E-state index contributed by atoms with van der Waals surface area (Å²) in [7, 11) is 0. The van der Waals surface area contributed by atoms with Crippen LogP contribution < -0.4 is 5.32 Å². The molecule has 0 atom stereocenters. The van der Waals surface area contributed by atoms with Crippen LogP contribution in [-0.2, 0) is 0 Å². The minimum Gasteiger partial charge on any atom is -0.322 e. The standard InChI is InChI=1S/C19H16N2O/c1-14-17(19(22)21-16-10-6-3-7-11-16)12-13-20-18(14)15-8-4-2-5-9-15/h2-13H,1H3,(H,21,22). The van der Waals surface area contributed by atoms with Crippen molar-refractivity contribution in [2.45, 2.75) is 6.92 Å². The van der Waals surface area contributed by atoms with Crippen molar-refractivity contribution in [3.05, 3.63) is 84.1 Å². The molecule has 0 unspecified atom stereocenters. The molecule has 3 heteroatoms. The van der Waals surface area contributed by atoms with Gasteiger partial charge in [0.15, 0.2) is 0 Å². The first kappa shape index (κ1) is 14.0. The number of hydrogen-bond donors (Lipinski definition) is 1. The van der Waals surface area contributed by atoms with Crippen LogP contribution in [0.25, 0.3) is 11.3 Å². The predicted octanol–water partition coefficient (Wildman–Crippen LogP) is 4.31. The molecule has 3 aromatic rings. The number of benzene rings is 2. The molecule has 0 saturated heterocycles. The lowest BCUT2D eigenvalue weighted by molar-refractivity contribution is 0.102. The fraction of sp³-hybridized carbons (Fsp3) is 0.0526. The summed E-state index contributed by atoms with van der Waals surface area (Å²) in [6, 6.07) is 21.1. The summed E-state index contributed by atoms with van der Waals surface area (Å²) < 4.78 is 0. The topological polar surface area (TPSA) is 42.0 Å². The van der Waals surface area contributed by atoms with E-state index in [-0.39, 0.29) is 5.91 Å². The van der Waals surface area contributed by atoms with E-state index in [0.29, 0.717) is 5.56 Å². The summed E-state index contributed by atoms with van der Waals surface area (Å²) in [6.45, 7) is 1.93. The van der Waals surface area contributed by atoms with Crippen molar-refractivity contribution in [3.8, 4) is 11.3 Å². The van der Waals surface area contributed by atoms with Crippen LogP contribution in [0.3, 0.4) is 0 Å². The summed E-state index contributed by atoms with van der Waals surface area (Å²) in [4.78, 5) is 16.9. The van der Waals surface area contributed by atoms with Gasteiger partial charge < -0.3 is 5.32 Å². The van der Waals surface area contributed by atoms with Crippen molar-refractivity contribution in [2.75, 3.05) is 5.32 Å². The molecule has 0 fully saturated rings. The number of carbonyl (C=O) groups excluding carboxylic acids is 1. The van der Waals surface area contributed by atoms with Gasteiger partial charge in [0.05, 0.1) is 5.69 Å². The van der Waals surface area contributed by atoms with Crippen molar-refractivity contribution >= 4 is 11.6 Å². The third-order valence-corrected chi connectivity index (χ3v) is 3.53. The van der Waals surface area contributed by atoms with Crippen molar-refractivity contribution in [2.24, 2.45) is 0 Å². The maximum atomic E-state index is 12.5. The van der Waals surface area contributed by atoms with Crippen LogP contribution >= 0.6 is 0 Å². The highest BCUT2D eigenvalue weighted by molar-refractivity contribution is 6.06. The second-order valence-corrected chi connectivity index (χ2v) is 5.02. The quantitative estimate of drug-likeness (QED) is 0.780. The van der Waals surface area contributed by atoms with Crippen LogP contribution in [-0.4, -0.2) is 10.9 Å². The zero-order valence-electron chi connectivity index (χ0n) is 12.3. The van der Waals surface area contributed by atoms with Crippen LogP contribution in [0.1, 0.15) is 15.9 Å². The lowest BCUT2D eigenvalue weighted by atomic mass is 10.0. The Morgan fingerprint density at radius 2 is 1.55 bits per heavy atom. The Labute approximate surface area is 129 Å². The zero-order chi connectivity index (χ0) is 15.4. The molecule has 1 N–H and O–H groups in total. The number of nitrogens with one attached hydrogen (secondary N) is 1. The molecule has 0 radical (unpaired) electrons. The molecule has 0 saturated carbocycles. The van der Waals surface area contributed by atoms with E-state index < -0.39 is 0 Å². The molecule has 108 valence electrons. The number of aromatic nitrogens is 1. The summed E-state index contributed by atoms with van der Waals surface area (Å²) >= 11 is 0. The van der Waals surface area contributed by atoms with Gasteiger partial charge in [-0.15, -0.1) is 0 Å². The first-order chi connectivity index (χ1) is 10.8. The minimum absolute atomic E-state index is 0.122. The number of para-hydroxylation sites is 1. The minimum atomic E-state index is -0.122. The smallest absolute Gasteiger partial charge is 0.256 e. The summed E-state index contributed by atoms with van der Waals surface area (Å²) in [5, 5.41) is 2.91. The van der Waals surface area contributed by atoms with Crippen LogP contribution in [0.4, 0.5) is 5.69 Å². The van der Waals surface area contributed by atoms with E-state index in [9.17, 15) is 4.79 Å². The van der Waals surface area contributed by atoms with Crippen LogP contribution in [0.5, 0.6) is 0 Å². The largest absolute Gasteiger partial charge is 0.322 e. The second-order valence-electron chi connectivity index (χ2n) is 5.02. The van der Waals surface area contributed by atoms with Gasteiger partial charge in [-0.2, -0.15) is 0 Å². The van der Waals surface area contributed by atoms with E-state index in [0.717, 1.165) is 22.5 Å². The fourth-order valence-corrected chi connectivity index (χ4v) is 2.39. The maximum Gasteiger partial charge on any atom is 0.256 e. The normalized spacial score (nSPS) is 10.2. The van der Waals surface area contributed by atoms with E-state index in [1.54, 1.807) is 12.3 Å². The molecule has 0 bridgehead atoms. The Kier molecular flexibility index (Phi) is 3.97. The van der Waals surface area contributed by atoms with E-state index >= 15 is 0 Å². The molecule has 3 rings (SSSR count). The van der Waals surface area contributed by atoms with Gasteiger partial charge >= 0.3 is 0 Å². The molecule has 0 aliphatic carbocycles. The maximum absolute atomic E-state index is 12.5. The molecule has 0 aliphatic heterocycles. The Balaban J connectivity index is 1.93. The number of hydrogen-bond acceptors (Lipinski definition) is 2. The molecular weight excluding hydrogens is 272 g/mol. The number of pyridine rings is 1. The number of amides is 1. The Hall–Kier alpha value is -2.94. The first-order valence-corrected chi connectivity index (χ1v) is 7.13. The lowest BCUT2D eigenvalue weighted by Crippen LogP contribution is -2.14. The molecule has 3 nitrogen and oxygen atoms in total. The highest BCUT2D eigenvalue weighted by Gasteiger charge is 2.13. The zero-order valence-corrected chi connectivity index (χ0v) is 12.3. The number of nitrogens with zero attached hydrogens (tertiary/aromatic N) is 1. The third-order valence-electron chi connectivity index (χ3n) is 3.53. The monoisotopic (exact) mass is 288 g/mol. The Morgan fingerprint density at radius 3 is 2.23 bits per heavy atom. The van der Waals surface area contributed by atoms with Crippen LogP contribution in [0.2, 0.25) is 0 Å². The van der Waals surface area contributed by atoms with Crippen LogP contribution in [0, 0.1) is 6.92 Å². The fourth-order valence-electron chi connectivity index (χ4n) is 2.39. The average Bonchev–Trinajstić information content (AvgIpc) is 2.56. The van der Waals surface area contributed by atoms with Crippen LogP contribution in [0.15, 0.2) is 72.9 Å². The third kappa shape index (κ3) is 2.88. The van der Waals surface area contributed by atoms with Gasteiger partial charge in [0, 0.05) is 23.0 Å². The highest BCUT2D eigenvalue weighted by atomic mass is 16.1. The summed E-state index contributed by atoms with van der Waals surface area (Å²) in [6.07, 6.45) is 1.68. The predicted molar refractivity (Wildman–Crippen MR) is 88.8 cm³/mol. The van der Waals surface area contributed by atoms with Crippen molar-refractivity contribution < 1.29 is 4.79 Å². The number of rotatable bonds is 3. The van der Waals surface area contributed by atoms with Crippen molar-refractivity contribution in [1.82, 2.24) is 4.98 Å². The molecule has 2 aromatic carbocycles. The van der Waals surface area contributed by atoms with Crippen molar-refractivity contribution in [1.29, 1.82) is 0 Å². The van der Waals surface area contributed by atoms with Gasteiger partial charge in [0.1, 0.15) is 0 Å². The molecule has 0 aliphatic rings. The summed E-state index contributed by atoms with van der Waals surface area (Å²) in [5.41, 5.74) is 4.14. The molecule has 0 spiro atoms. The van der Waals surface area contributed by atoms with Gasteiger partial charge in [-0.1, -0.05) is 48.5 Å². The van der Waals surface area contributed by atoms with E-state index in [1.165, 1.54) is 0 Å². The SMILES string of the molecule is Cc1c(C(=O)Nc2ccccc2)ccnc1-c1ccccc1.